The van der Waals surface area contributed by atoms with E-state index in [2.05, 4.69) is 10.3 Å². The second kappa shape index (κ2) is 5.83. The summed E-state index contributed by atoms with van der Waals surface area (Å²) in [4.78, 5) is 26.4. The smallest absolute Gasteiger partial charge is 0.356 e. The standard InChI is InChI=1S/C12H8FIN2O3S/c1-5(17)10-9(11(18)19)16-12(20-10)15-8-3-2-6(13)4-7(8)14/h2-4H,1H3,(H,15,16)(H,18,19). The molecule has 1 aromatic heterocycles. The normalized spacial score (nSPS) is 10.3. The molecule has 2 N–H and O–H groups in total. The number of aromatic nitrogens is 1. The van der Waals surface area contributed by atoms with Crippen molar-refractivity contribution in [1.82, 2.24) is 4.98 Å². The highest BCUT2D eigenvalue weighted by Gasteiger charge is 2.20. The lowest BCUT2D eigenvalue weighted by Crippen LogP contribution is -2.03. The van der Waals surface area contributed by atoms with Crippen LogP contribution in [0.5, 0.6) is 0 Å². The van der Waals surface area contributed by atoms with Gasteiger partial charge in [-0.3, -0.25) is 4.79 Å². The highest BCUT2D eigenvalue weighted by Crippen LogP contribution is 2.29. The molecule has 2 aromatic rings. The number of halogens is 2. The van der Waals surface area contributed by atoms with Crippen LogP contribution in [0.2, 0.25) is 0 Å². The summed E-state index contributed by atoms with van der Waals surface area (Å²) in [6.45, 7) is 1.28. The number of Topliss-reactive ketones (excluding diaryl/α,β-unsaturated/α-hetero) is 1. The van der Waals surface area contributed by atoms with E-state index in [4.69, 9.17) is 5.11 Å². The molecule has 8 heteroatoms. The summed E-state index contributed by atoms with van der Waals surface area (Å²) < 4.78 is 13.6. The third kappa shape index (κ3) is 3.12. The second-order valence-corrected chi connectivity index (χ2v) is 5.97. The van der Waals surface area contributed by atoms with Gasteiger partial charge in [-0.2, -0.15) is 0 Å². The highest BCUT2D eigenvalue weighted by molar-refractivity contribution is 14.1. The predicted octanol–water partition coefficient (Wildman–Crippen LogP) is 3.53. The van der Waals surface area contributed by atoms with Crippen molar-refractivity contribution in [2.75, 3.05) is 5.32 Å². The van der Waals surface area contributed by atoms with Gasteiger partial charge in [0, 0.05) is 10.5 Å². The molecule has 0 bridgehead atoms. The summed E-state index contributed by atoms with van der Waals surface area (Å²) in [5, 5.41) is 12.2. The van der Waals surface area contributed by atoms with Crippen molar-refractivity contribution in [3.8, 4) is 0 Å². The van der Waals surface area contributed by atoms with Gasteiger partial charge in [-0.05, 0) is 40.8 Å². The number of rotatable bonds is 4. The number of nitrogens with zero attached hydrogens (tertiary/aromatic N) is 1. The monoisotopic (exact) mass is 406 g/mol. The topological polar surface area (TPSA) is 79.3 Å². The third-order valence-electron chi connectivity index (χ3n) is 2.32. The Morgan fingerprint density at radius 1 is 1.45 bits per heavy atom. The largest absolute Gasteiger partial charge is 0.476 e. The van der Waals surface area contributed by atoms with Crippen LogP contribution < -0.4 is 5.32 Å². The summed E-state index contributed by atoms with van der Waals surface area (Å²) in [5.74, 6) is -1.98. The van der Waals surface area contributed by atoms with E-state index in [9.17, 15) is 14.0 Å². The van der Waals surface area contributed by atoms with Crippen molar-refractivity contribution in [2.45, 2.75) is 6.92 Å². The first-order valence-electron chi connectivity index (χ1n) is 5.35. The Morgan fingerprint density at radius 3 is 2.65 bits per heavy atom. The number of carboxylic acids is 1. The van der Waals surface area contributed by atoms with E-state index < -0.39 is 5.97 Å². The molecular formula is C12H8FIN2O3S. The number of ketones is 1. The maximum atomic E-state index is 13.0. The SMILES string of the molecule is CC(=O)c1sc(Nc2ccc(F)cc2I)nc1C(=O)O. The number of anilines is 2. The van der Waals surface area contributed by atoms with Gasteiger partial charge in [-0.1, -0.05) is 11.3 Å². The quantitative estimate of drug-likeness (QED) is 0.600. The molecule has 0 radical (unpaired) electrons. The van der Waals surface area contributed by atoms with Crippen molar-refractivity contribution < 1.29 is 19.1 Å². The molecular weight excluding hydrogens is 398 g/mol. The van der Waals surface area contributed by atoms with Gasteiger partial charge >= 0.3 is 5.97 Å². The number of carboxylic acid groups (broad SMARTS) is 1. The van der Waals surface area contributed by atoms with Gasteiger partial charge < -0.3 is 10.4 Å². The third-order valence-corrected chi connectivity index (χ3v) is 4.29. The molecule has 0 unspecified atom stereocenters. The van der Waals surface area contributed by atoms with Crippen LogP contribution in [0.1, 0.15) is 27.1 Å². The Morgan fingerprint density at radius 2 is 2.15 bits per heavy atom. The van der Waals surface area contributed by atoms with Crippen LogP contribution in [-0.4, -0.2) is 21.8 Å². The van der Waals surface area contributed by atoms with E-state index >= 15 is 0 Å². The molecule has 0 aliphatic carbocycles. The predicted molar refractivity (Wildman–Crippen MR) is 81.5 cm³/mol. The highest BCUT2D eigenvalue weighted by atomic mass is 127. The molecule has 20 heavy (non-hydrogen) atoms. The molecule has 0 saturated heterocycles. The van der Waals surface area contributed by atoms with Gasteiger partial charge in [0.05, 0.1) is 5.69 Å². The maximum Gasteiger partial charge on any atom is 0.356 e. The van der Waals surface area contributed by atoms with Crippen molar-refractivity contribution >= 4 is 56.5 Å². The van der Waals surface area contributed by atoms with Gasteiger partial charge in [0.25, 0.3) is 0 Å². The molecule has 0 amide bonds. The first kappa shape index (κ1) is 14.9. The first-order chi connectivity index (χ1) is 9.38. The first-order valence-corrected chi connectivity index (χ1v) is 7.25. The van der Waals surface area contributed by atoms with E-state index in [1.807, 2.05) is 22.6 Å². The van der Waals surface area contributed by atoms with Crippen LogP contribution in [0.3, 0.4) is 0 Å². The number of carbonyl (C=O) groups is 2. The molecule has 0 fully saturated rings. The van der Waals surface area contributed by atoms with Crippen LogP contribution in [0.4, 0.5) is 15.2 Å². The average Bonchev–Trinajstić information content (AvgIpc) is 2.77. The van der Waals surface area contributed by atoms with Crippen LogP contribution in [0.15, 0.2) is 18.2 Å². The minimum atomic E-state index is -1.26. The number of benzene rings is 1. The van der Waals surface area contributed by atoms with Crippen molar-refractivity contribution in [2.24, 2.45) is 0 Å². The van der Waals surface area contributed by atoms with Gasteiger partial charge in [-0.15, -0.1) is 0 Å². The minimum Gasteiger partial charge on any atom is -0.476 e. The number of hydrogen-bond donors (Lipinski definition) is 2. The summed E-state index contributed by atoms with van der Waals surface area (Å²) in [6, 6.07) is 4.13. The van der Waals surface area contributed by atoms with Gasteiger partial charge in [0.1, 0.15) is 10.7 Å². The molecule has 1 heterocycles. The fourth-order valence-electron chi connectivity index (χ4n) is 1.46. The number of hydrogen-bond acceptors (Lipinski definition) is 5. The fraction of sp³-hybridized carbons (Fsp3) is 0.0833. The Bertz CT molecular complexity index is 671. The molecule has 0 atom stereocenters. The van der Waals surface area contributed by atoms with Crippen LogP contribution in [0.25, 0.3) is 0 Å². The Balaban J connectivity index is 2.37. The summed E-state index contributed by atoms with van der Waals surface area (Å²) in [7, 11) is 0. The van der Waals surface area contributed by atoms with Gasteiger partial charge in [0.15, 0.2) is 16.6 Å². The number of nitrogens with one attached hydrogen (secondary N) is 1. The van der Waals surface area contributed by atoms with Crippen LogP contribution in [-0.2, 0) is 0 Å². The summed E-state index contributed by atoms with van der Waals surface area (Å²) in [5.41, 5.74) is 0.315. The Kier molecular flexibility index (Phi) is 4.33. The Labute approximate surface area is 131 Å². The molecule has 5 nitrogen and oxygen atoms in total. The molecule has 0 saturated carbocycles. The van der Waals surface area contributed by atoms with Gasteiger partial charge in [-0.25, -0.2) is 14.2 Å². The summed E-state index contributed by atoms with van der Waals surface area (Å²) in [6.07, 6.45) is 0. The zero-order chi connectivity index (χ0) is 14.9. The van der Waals surface area contributed by atoms with E-state index in [0.29, 0.717) is 9.26 Å². The zero-order valence-corrected chi connectivity index (χ0v) is 13.1. The zero-order valence-electron chi connectivity index (χ0n) is 10.1. The van der Waals surface area contributed by atoms with E-state index in [1.165, 1.54) is 25.1 Å². The molecule has 0 aliphatic heterocycles. The molecule has 0 aliphatic rings. The maximum absolute atomic E-state index is 13.0. The molecule has 104 valence electrons. The lowest BCUT2D eigenvalue weighted by atomic mass is 10.3. The number of thiazole rings is 1. The molecule has 2 rings (SSSR count). The Hall–Kier alpha value is -1.55. The molecule has 0 spiro atoms. The minimum absolute atomic E-state index is 0.0807. The second-order valence-electron chi connectivity index (χ2n) is 3.81. The van der Waals surface area contributed by atoms with Crippen molar-refractivity contribution in [3.05, 3.63) is 38.2 Å². The summed E-state index contributed by atoms with van der Waals surface area (Å²) >= 11 is 2.90. The van der Waals surface area contributed by atoms with E-state index in [1.54, 1.807) is 0 Å². The number of aromatic carboxylic acids is 1. The van der Waals surface area contributed by atoms with Crippen molar-refractivity contribution in [1.29, 1.82) is 0 Å². The van der Waals surface area contributed by atoms with Gasteiger partial charge in [0.2, 0.25) is 0 Å². The molecule has 1 aromatic carbocycles. The fourth-order valence-corrected chi connectivity index (χ4v) is 2.94. The van der Waals surface area contributed by atoms with Crippen LogP contribution >= 0.6 is 33.9 Å². The number of carbonyl (C=O) groups excluding carboxylic acids is 1. The lowest BCUT2D eigenvalue weighted by molar-refractivity contribution is 0.0687. The van der Waals surface area contributed by atoms with E-state index in [0.717, 1.165) is 11.3 Å². The van der Waals surface area contributed by atoms with E-state index in [-0.39, 0.29) is 27.3 Å². The lowest BCUT2D eigenvalue weighted by Gasteiger charge is -2.04. The van der Waals surface area contributed by atoms with Crippen LogP contribution in [0, 0.1) is 9.39 Å². The average molecular weight is 406 g/mol. The van der Waals surface area contributed by atoms with Crippen molar-refractivity contribution in [3.63, 3.8) is 0 Å².